The summed E-state index contributed by atoms with van der Waals surface area (Å²) in [5.74, 6) is 0.728. The molecule has 106 valence electrons. The van der Waals surface area contributed by atoms with E-state index in [1.54, 1.807) is 21.3 Å². The Balaban J connectivity index is 2.17. The van der Waals surface area contributed by atoms with E-state index in [1.165, 1.54) is 37.7 Å². The predicted molar refractivity (Wildman–Crippen MR) is 78.7 cm³/mol. The van der Waals surface area contributed by atoms with Crippen LogP contribution in [0.15, 0.2) is 24.3 Å². The fourth-order valence-corrected chi connectivity index (χ4v) is 4.78. The van der Waals surface area contributed by atoms with Crippen LogP contribution in [0, 0.1) is 0 Å². The first-order valence-corrected chi connectivity index (χ1v) is 8.74. The molecule has 0 aromatic heterocycles. The molecule has 1 saturated carbocycles. The standard InChI is InChI=1S/C15H24O3Si/c1-16-19(17-2,18-3)15-11-9-14(10-12-15)13-7-5-4-6-8-13/h9-13H,4-8H2,1-3H3. The van der Waals surface area contributed by atoms with Crippen molar-refractivity contribution in [3.63, 3.8) is 0 Å². The first-order chi connectivity index (χ1) is 9.25. The van der Waals surface area contributed by atoms with E-state index >= 15 is 0 Å². The van der Waals surface area contributed by atoms with Gasteiger partial charge in [0, 0.05) is 26.5 Å². The third-order valence-electron chi connectivity index (χ3n) is 4.15. The molecule has 3 nitrogen and oxygen atoms in total. The summed E-state index contributed by atoms with van der Waals surface area (Å²) in [5, 5.41) is 1.03. The summed E-state index contributed by atoms with van der Waals surface area (Å²) in [6.45, 7) is 0. The molecule has 0 saturated heterocycles. The number of rotatable bonds is 5. The molecule has 1 aliphatic carbocycles. The molecule has 0 spiro atoms. The summed E-state index contributed by atoms with van der Waals surface area (Å²) in [4.78, 5) is 0. The Labute approximate surface area is 117 Å². The fourth-order valence-electron chi connectivity index (χ4n) is 3.00. The zero-order valence-corrected chi connectivity index (χ0v) is 13.1. The van der Waals surface area contributed by atoms with Crippen LogP contribution in [0.4, 0.5) is 0 Å². The monoisotopic (exact) mass is 280 g/mol. The van der Waals surface area contributed by atoms with E-state index < -0.39 is 8.80 Å². The molecule has 0 bridgehead atoms. The van der Waals surface area contributed by atoms with Gasteiger partial charge < -0.3 is 13.3 Å². The molecule has 0 heterocycles. The van der Waals surface area contributed by atoms with Gasteiger partial charge in [-0.05, 0) is 24.3 Å². The highest BCUT2D eigenvalue weighted by atomic mass is 28.4. The zero-order chi connectivity index (χ0) is 13.7. The van der Waals surface area contributed by atoms with Crippen molar-refractivity contribution < 1.29 is 13.3 Å². The van der Waals surface area contributed by atoms with Gasteiger partial charge in [0.15, 0.2) is 0 Å². The smallest absolute Gasteiger partial charge is 0.373 e. The van der Waals surface area contributed by atoms with Gasteiger partial charge >= 0.3 is 8.80 Å². The van der Waals surface area contributed by atoms with Crippen molar-refractivity contribution in [3.05, 3.63) is 29.8 Å². The second-order valence-electron chi connectivity index (χ2n) is 5.13. The number of benzene rings is 1. The van der Waals surface area contributed by atoms with Gasteiger partial charge in [-0.1, -0.05) is 43.5 Å². The van der Waals surface area contributed by atoms with Crippen LogP contribution in [-0.2, 0) is 13.3 Å². The van der Waals surface area contributed by atoms with E-state index in [0.29, 0.717) is 0 Å². The number of hydrogen-bond acceptors (Lipinski definition) is 3. The average Bonchev–Trinajstić information content (AvgIpc) is 2.51. The van der Waals surface area contributed by atoms with Crippen LogP contribution in [0.2, 0.25) is 0 Å². The van der Waals surface area contributed by atoms with Crippen molar-refractivity contribution in [1.82, 2.24) is 0 Å². The summed E-state index contributed by atoms with van der Waals surface area (Å²) in [5.41, 5.74) is 1.44. The molecule has 0 N–H and O–H groups in total. The Kier molecular flexibility index (Phi) is 5.16. The maximum Gasteiger partial charge on any atom is 0.536 e. The van der Waals surface area contributed by atoms with E-state index in [4.69, 9.17) is 13.3 Å². The van der Waals surface area contributed by atoms with Crippen molar-refractivity contribution in [3.8, 4) is 0 Å². The molecular weight excluding hydrogens is 256 g/mol. The highest BCUT2D eigenvalue weighted by Crippen LogP contribution is 2.32. The largest absolute Gasteiger partial charge is 0.536 e. The maximum absolute atomic E-state index is 5.50. The molecule has 0 radical (unpaired) electrons. The first kappa shape index (κ1) is 14.7. The van der Waals surface area contributed by atoms with Crippen molar-refractivity contribution in [2.24, 2.45) is 0 Å². The van der Waals surface area contributed by atoms with Crippen LogP contribution in [-0.4, -0.2) is 30.1 Å². The van der Waals surface area contributed by atoms with E-state index in [2.05, 4.69) is 24.3 Å². The van der Waals surface area contributed by atoms with Crippen LogP contribution in [0.25, 0.3) is 0 Å². The lowest BCUT2D eigenvalue weighted by molar-refractivity contribution is 0.140. The summed E-state index contributed by atoms with van der Waals surface area (Å²) in [6.07, 6.45) is 6.75. The molecule has 1 fully saturated rings. The Hall–Kier alpha value is -0.683. The van der Waals surface area contributed by atoms with Gasteiger partial charge in [-0.25, -0.2) is 0 Å². The fraction of sp³-hybridized carbons (Fsp3) is 0.600. The highest BCUT2D eigenvalue weighted by Gasteiger charge is 2.40. The van der Waals surface area contributed by atoms with E-state index in [9.17, 15) is 0 Å². The van der Waals surface area contributed by atoms with Crippen LogP contribution < -0.4 is 5.19 Å². The van der Waals surface area contributed by atoms with Gasteiger partial charge in [-0.3, -0.25) is 0 Å². The third-order valence-corrected chi connectivity index (χ3v) is 6.80. The van der Waals surface area contributed by atoms with Crippen LogP contribution in [0.1, 0.15) is 43.6 Å². The molecule has 0 aliphatic heterocycles. The van der Waals surface area contributed by atoms with Crippen LogP contribution in [0.5, 0.6) is 0 Å². The minimum Gasteiger partial charge on any atom is -0.373 e. The second kappa shape index (κ2) is 6.66. The Morgan fingerprint density at radius 1 is 0.842 bits per heavy atom. The molecule has 1 aromatic carbocycles. The Morgan fingerprint density at radius 3 is 1.84 bits per heavy atom. The molecule has 1 aromatic rings. The molecule has 1 aliphatic rings. The summed E-state index contributed by atoms with van der Waals surface area (Å²) in [6, 6.07) is 8.63. The minimum absolute atomic E-state index is 0.728. The average molecular weight is 280 g/mol. The summed E-state index contributed by atoms with van der Waals surface area (Å²) in [7, 11) is 2.28. The van der Waals surface area contributed by atoms with Crippen molar-refractivity contribution in [1.29, 1.82) is 0 Å². The highest BCUT2D eigenvalue weighted by molar-refractivity contribution is 6.75. The molecule has 0 amide bonds. The quantitative estimate of drug-likeness (QED) is 0.776. The Bertz CT molecular complexity index is 373. The van der Waals surface area contributed by atoms with Crippen LogP contribution in [0.3, 0.4) is 0 Å². The van der Waals surface area contributed by atoms with Gasteiger partial charge in [-0.2, -0.15) is 0 Å². The SMILES string of the molecule is CO[Si](OC)(OC)c1ccc(C2CCCCC2)cc1. The van der Waals surface area contributed by atoms with Gasteiger partial charge in [0.25, 0.3) is 0 Å². The van der Waals surface area contributed by atoms with Gasteiger partial charge in [0.2, 0.25) is 0 Å². The molecular formula is C15H24O3Si. The first-order valence-electron chi connectivity index (χ1n) is 7.01. The third kappa shape index (κ3) is 3.08. The number of hydrogen-bond donors (Lipinski definition) is 0. The normalized spacial score (nSPS) is 17.6. The maximum atomic E-state index is 5.50. The summed E-state index contributed by atoms with van der Waals surface area (Å²) < 4.78 is 16.5. The molecule has 19 heavy (non-hydrogen) atoms. The lowest BCUT2D eigenvalue weighted by atomic mass is 9.84. The Morgan fingerprint density at radius 2 is 1.37 bits per heavy atom. The topological polar surface area (TPSA) is 27.7 Å². The van der Waals surface area contributed by atoms with Gasteiger partial charge in [0.1, 0.15) is 0 Å². The van der Waals surface area contributed by atoms with E-state index in [-0.39, 0.29) is 0 Å². The van der Waals surface area contributed by atoms with E-state index in [1.807, 2.05) is 0 Å². The lowest BCUT2D eigenvalue weighted by Crippen LogP contribution is -2.54. The molecule has 0 atom stereocenters. The van der Waals surface area contributed by atoms with Crippen molar-refractivity contribution in [2.45, 2.75) is 38.0 Å². The predicted octanol–water partition coefficient (Wildman–Crippen LogP) is 2.82. The molecule has 0 unspecified atom stereocenters. The van der Waals surface area contributed by atoms with E-state index in [0.717, 1.165) is 11.1 Å². The van der Waals surface area contributed by atoms with Gasteiger partial charge in [0.05, 0.1) is 0 Å². The minimum atomic E-state index is -2.67. The molecule has 2 rings (SSSR count). The molecule has 4 heteroatoms. The van der Waals surface area contributed by atoms with Crippen molar-refractivity contribution >= 4 is 14.0 Å². The van der Waals surface area contributed by atoms with Crippen LogP contribution >= 0.6 is 0 Å². The summed E-state index contributed by atoms with van der Waals surface area (Å²) >= 11 is 0. The van der Waals surface area contributed by atoms with Crippen molar-refractivity contribution in [2.75, 3.05) is 21.3 Å². The zero-order valence-electron chi connectivity index (χ0n) is 12.1. The second-order valence-corrected chi connectivity index (χ2v) is 8.04. The lowest BCUT2D eigenvalue weighted by Gasteiger charge is -2.26. The van der Waals surface area contributed by atoms with Gasteiger partial charge in [-0.15, -0.1) is 0 Å².